The van der Waals surface area contributed by atoms with Crippen LogP contribution in [0.5, 0.6) is 0 Å². The number of anilines is 1. The first-order chi connectivity index (χ1) is 13.5. The summed E-state index contributed by atoms with van der Waals surface area (Å²) in [5.74, 6) is -0.478. The summed E-state index contributed by atoms with van der Waals surface area (Å²) >= 11 is 4.38. The number of thiophene rings is 1. The summed E-state index contributed by atoms with van der Waals surface area (Å²) in [5, 5.41) is 12.2. The van der Waals surface area contributed by atoms with Gasteiger partial charge >= 0.3 is 5.97 Å². The highest BCUT2D eigenvalue weighted by Gasteiger charge is 2.27. The highest BCUT2D eigenvalue weighted by Crippen LogP contribution is 2.38. The third-order valence-corrected chi connectivity index (χ3v) is 7.77. The lowest BCUT2D eigenvalue weighted by Crippen LogP contribution is -2.23. The van der Waals surface area contributed by atoms with Crippen LogP contribution in [0.15, 0.2) is 4.34 Å². The van der Waals surface area contributed by atoms with Crippen LogP contribution in [0.2, 0.25) is 0 Å². The molecule has 0 aromatic carbocycles. The van der Waals surface area contributed by atoms with Gasteiger partial charge in [0.2, 0.25) is 5.91 Å². The van der Waals surface area contributed by atoms with Gasteiger partial charge in [0.15, 0.2) is 4.34 Å². The van der Waals surface area contributed by atoms with E-state index in [4.69, 9.17) is 4.74 Å². The molecule has 9 heteroatoms. The van der Waals surface area contributed by atoms with E-state index in [2.05, 4.69) is 15.5 Å². The Labute approximate surface area is 177 Å². The van der Waals surface area contributed by atoms with Crippen molar-refractivity contribution in [2.45, 2.75) is 68.9 Å². The predicted octanol–water partition coefficient (Wildman–Crippen LogP) is 4.86. The van der Waals surface area contributed by atoms with Gasteiger partial charge in [-0.05, 0) is 52.0 Å². The van der Waals surface area contributed by atoms with Crippen molar-refractivity contribution >= 4 is 51.3 Å². The van der Waals surface area contributed by atoms with Gasteiger partial charge in [0.25, 0.3) is 0 Å². The molecule has 2 aromatic heterocycles. The van der Waals surface area contributed by atoms with Crippen molar-refractivity contribution < 1.29 is 14.3 Å². The third-order valence-electron chi connectivity index (χ3n) is 4.54. The van der Waals surface area contributed by atoms with Gasteiger partial charge in [-0.3, -0.25) is 4.79 Å². The predicted molar refractivity (Wildman–Crippen MR) is 115 cm³/mol. The molecule has 3 rings (SSSR count). The smallest absolute Gasteiger partial charge is 0.341 e. The molecule has 0 bridgehead atoms. The van der Waals surface area contributed by atoms with Crippen LogP contribution in [0, 0.1) is 6.92 Å². The maximum atomic E-state index is 12.8. The fraction of sp³-hybridized carbons (Fsp3) is 0.579. The summed E-state index contributed by atoms with van der Waals surface area (Å²) < 4.78 is 6.07. The minimum atomic E-state index is -0.341. The SMILES string of the molecule is CCOC(=O)c1c(NC(=O)C(C)Sc2nnc(C)s2)sc2c1CCCCCC2. The van der Waals surface area contributed by atoms with Crippen LogP contribution >= 0.6 is 34.4 Å². The van der Waals surface area contributed by atoms with Crippen LogP contribution in [0.1, 0.15) is 65.3 Å². The first-order valence-electron chi connectivity index (χ1n) is 9.58. The minimum absolute atomic E-state index is 0.141. The average Bonchev–Trinajstić information content (AvgIpc) is 3.18. The average molecular weight is 440 g/mol. The van der Waals surface area contributed by atoms with Gasteiger partial charge < -0.3 is 10.1 Å². The molecule has 6 nitrogen and oxygen atoms in total. The number of thioether (sulfide) groups is 1. The second kappa shape index (κ2) is 9.84. The van der Waals surface area contributed by atoms with E-state index in [1.807, 2.05) is 13.8 Å². The number of hydrogen-bond donors (Lipinski definition) is 1. The number of ether oxygens (including phenoxy) is 1. The molecule has 1 atom stereocenters. The first kappa shape index (κ1) is 21.3. The van der Waals surface area contributed by atoms with Crippen LogP contribution in [0.4, 0.5) is 5.00 Å². The maximum Gasteiger partial charge on any atom is 0.341 e. The number of esters is 1. The van der Waals surface area contributed by atoms with E-state index in [1.54, 1.807) is 6.92 Å². The van der Waals surface area contributed by atoms with Crippen molar-refractivity contribution in [2.24, 2.45) is 0 Å². The Bertz CT molecular complexity index is 847. The lowest BCUT2D eigenvalue weighted by atomic mass is 9.96. The van der Waals surface area contributed by atoms with E-state index < -0.39 is 0 Å². The van der Waals surface area contributed by atoms with Crippen molar-refractivity contribution in [1.82, 2.24) is 10.2 Å². The van der Waals surface area contributed by atoms with Crippen LogP contribution in [-0.2, 0) is 22.4 Å². The number of rotatable bonds is 6. The lowest BCUT2D eigenvalue weighted by molar-refractivity contribution is -0.115. The summed E-state index contributed by atoms with van der Waals surface area (Å²) in [5.41, 5.74) is 1.62. The van der Waals surface area contributed by atoms with E-state index in [1.165, 1.54) is 52.2 Å². The molecular weight excluding hydrogens is 414 g/mol. The fourth-order valence-corrected chi connectivity index (χ4v) is 6.41. The summed E-state index contributed by atoms with van der Waals surface area (Å²) in [6.45, 7) is 5.85. The number of nitrogens with zero attached hydrogens (tertiary/aromatic N) is 2. The van der Waals surface area contributed by atoms with E-state index in [-0.39, 0.29) is 17.1 Å². The molecule has 1 amide bonds. The van der Waals surface area contributed by atoms with Crippen LogP contribution < -0.4 is 5.32 Å². The molecule has 0 fully saturated rings. The molecule has 2 aromatic rings. The molecule has 2 heterocycles. The van der Waals surface area contributed by atoms with Crippen molar-refractivity contribution in [2.75, 3.05) is 11.9 Å². The Morgan fingerprint density at radius 2 is 1.93 bits per heavy atom. The van der Waals surface area contributed by atoms with E-state index >= 15 is 0 Å². The number of hydrogen-bond acceptors (Lipinski definition) is 8. The van der Waals surface area contributed by atoms with Gasteiger partial charge in [-0.2, -0.15) is 0 Å². The Morgan fingerprint density at radius 3 is 2.61 bits per heavy atom. The normalized spacial score (nSPS) is 15.2. The summed E-state index contributed by atoms with van der Waals surface area (Å²) in [4.78, 5) is 26.6. The number of carbonyl (C=O) groups excluding carboxylic acids is 2. The van der Waals surface area contributed by atoms with Gasteiger partial charge in [0, 0.05) is 4.88 Å². The number of carbonyl (C=O) groups is 2. The third kappa shape index (κ3) is 5.12. The molecule has 28 heavy (non-hydrogen) atoms. The van der Waals surface area contributed by atoms with Gasteiger partial charge in [0.1, 0.15) is 10.0 Å². The molecular formula is C19H25N3O3S3. The van der Waals surface area contributed by atoms with Gasteiger partial charge in [-0.25, -0.2) is 4.79 Å². The molecule has 1 unspecified atom stereocenters. The zero-order valence-corrected chi connectivity index (χ0v) is 18.8. The molecule has 0 saturated carbocycles. The Morgan fingerprint density at radius 1 is 1.18 bits per heavy atom. The number of aromatic nitrogens is 2. The van der Waals surface area contributed by atoms with Crippen molar-refractivity contribution in [3.63, 3.8) is 0 Å². The Kier molecular flexibility index (Phi) is 7.48. The molecule has 0 saturated heterocycles. The van der Waals surface area contributed by atoms with Gasteiger partial charge in [-0.1, -0.05) is 35.9 Å². The summed E-state index contributed by atoms with van der Waals surface area (Å²) in [6.07, 6.45) is 6.38. The van der Waals surface area contributed by atoms with Gasteiger partial charge in [0.05, 0.1) is 17.4 Å². The first-order valence-corrected chi connectivity index (χ1v) is 12.1. The second-order valence-corrected chi connectivity index (χ2v) is 10.6. The van der Waals surface area contributed by atoms with Crippen LogP contribution in [-0.4, -0.2) is 33.9 Å². The fourth-order valence-electron chi connectivity index (χ4n) is 3.17. The van der Waals surface area contributed by atoms with Crippen LogP contribution in [0.3, 0.4) is 0 Å². The summed E-state index contributed by atoms with van der Waals surface area (Å²) in [7, 11) is 0. The number of fused-ring (bicyclic) bond motifs is 1. The minimum Gasteiger partial charge on any atom is -0.462 e. The second-order valence-electron chi connectivity index (χ2n) is 6.68. The highest BCUT2D eigenvalue weighted by molar-refractivity contribution is 8.02. The lowest BCUT2D eigenvalue weighted by Gasteiger charge is -2.12. The van der Waals surface area contributed by atoms with Crippen molar-refractivity contribution in [3.05, 3.63) is 21.0 Å². The van der Waals surface area contributed by atoms with Crippen molar-refractivity contribution in [1.29, 1.82) is 0 Å². The monoisotopic (exact) mass is 439 g/mol. The largest absolute Gasteiger partial charge is 0.462 e. The van der Waals surface area contributed by atoms with E-state index in [9.17, 15) is 9.59 Å². The number of amides is 1. The molecule has 0 spiro atoms. The maximum absolute atomic E-state index is 12.8. The summed E-state index contributed by atoms with van der Waals surface area (Å²) in [6, 6.07) is 0. The molecule has 1 N–H and O–H groups in total. The highest BCUT2D eigenvalue weighted by atomic mass is 32.2. The van der Waals surface area contributed by atoms with E-state index in [0.717, 1.165) is 40.6 Å². The quantitative estimate of drug-likeness (QED) is 0.511. The standard InChI is InChI=1S/C19H25N3O3S3/c1-4-25-18(24)15-13-9-7-5-6-8-10-14(13)28-17(15)20-16(23)11(2)26-19-22-21-12(3)27-19/h11H,4-10H2,1-3H3,(H,20,23). The number of nitrogens with one attached hydrogen (secondary N) is 1. The van der Waals surface area contributed by atoms with E-state index in [0.29, 0.717) is 17.2 Å². The van der Waals surface area contributed by atoms with Gasteiger partial charge in [-0.15, -0.1) is 21.5 Å². The zero-order valence-electron chi connectivity index (χ0n) is 16.4. The molecule has 152 valence electrons. The topological polar surface area (TPSA) is 81.2 Å². The Hall–Kier alpha value is -1.45. The molecule has 0 radical (unpaired) electrons. The van der Waals surface area contributed by atoms with Crippen molar-refractivity contribution in [3.8, 4) is 0 Å². The Balaban J connectivity index is 1.82. The molecule has 1 aliphatic carbocycles. The zero-order chi connectivity index (χ0) is 20.1. The molecule has 0 aliphatic heterocycles. The van der Waals surface area contributed by atoms with Crippen LogP contribution in [0.25, 0.3) is 0 Å². The molecule has 1 aliphatic rings. The number of aryl methyl sites for hydroxylation is 2.